The van der Waals surface area contributed by atoms with E-state index in [4.69, 9.17) is 5.11 Å². The van der Waals surface area contributed by atoms with Crippen LogP contribution in [0.4, 0.5) is 4.79 Å². The second-order valence-electron chi connectivity index (χ2n) is 5.06. The smallest absolute Gasteiger partial charge is 0.355 e. The molecule has 8 heteroatoms. The number of urea groups is 1. The van der Waals surface area contributed by atoms with Gasteiger partial charge in [-0.05, 0) is 19.1 Å². The van der Waals surface area contributed by atoms with Crippen LogP contribution in [0.5, 0.6) is 0 Å². The summed E-state index contributed by atoms with van der Waals surface area (Å²) in [6.07, 6.45) is 6.82. The Kier molecular flexibility index (Phi) is 5.46. The standard InChI is InChI=1S/C13H19N3O3S2/c1-20-13(4-2-3-5-13)8-15-12(19)14-6-10-16-9(7-21-10)11(17)18/h7H,2-6,8H2,1H3,(H,17,18)(H2,14,15,19). The molecule has 0 unspecified atom stereocenters. The second kappa shape index (κ2) is 7.13. The van der Waals surface area contributed by atoms with Crippen LogP contribution in [0.3, 0.4) is 0 Å². The van der Waals surface area contributed by atoms with Crippen LogP contribution in [0.2, 0.25) is 0 Å². The molecule has 2 rings (SSSR count). The summed E-state index contributed by atoms with van der Waals surface area (Å²) in [6, 6.07) is -0.234. The maximum atomic E-state index is 11.8. The molecule has 0 saturated heterocycles. The van der Waals surface area contributed by atoms with Gasteiger partial charge in [-0.15, -0.1) is 11.3 Å². The Labute approximate surface area is 131 Å². The van der Waals surface area contributed by atoms with Crippen molar-refractivity contribution in [2.75, 3.05) is 12.8 Å². The number of carboxylic acids is 1. The molecule has 116 valence electrons. The average molecular weight is 329 g/mol. The molecular formula is C13H19N3O3S2. The van der Waals surface area contributed by atoms with Crippen molar-refractivity contribution in [3.05, 3.63) is 16.1 Å². The van der Waals surface area contributed by atoms with Crippen molar-refractivity contribution in [1.29, 1.82) is 0 Å². The topological polar surface area (TPSA) is 91.3 Å². The van der Waals surface area contributed by atoms with E-state index in [1.807, 2.05) is 11.8 Å². The predicted octanol–water partition coefficient (Wildman–Crippen LogP) is 2.32. The van der Waals surface area contributed by atoms with Gasteiger partial charge in [0.15, 0.2) is 5.69 Å². The third-order valence-corrected chi connectivity index (χ3v) is 5.96. The summed E-state index contributed by atoms with van der Waals surface area (Å²) >= 11 is 3.05. The fraction of sp³-hybridized carbons (Fsp3) is 0.615. The van der Waals surface area contributed by atoms with E-state index in [1.54, 1.807) is 0 Å². The summed E-state index contributed by atoms with van der Waals surface area (Å²) in [5, 5.41) is 16.5. The highest BCUT2D eigenvalue weighted by Crippen LogP contribution is 2.39. The van der Waals surface area contributed by atoms with Gasteiger partial charge in [-0.2, -0.15) is 11.8 Å². The number of nitrogens with one attached hydrogen (secondary N) is 2. The number of thiazole rings is 1. The Balaban J connectivity index is 1.75. The first-order valence-electron chi connectivity index (χ1n) is 6.79. The van der Waals surface area contributed by atoms with Gasteiger partial charge in [0.05, 0.1) is 6.54 Å². The zero-order chi connectivity index (χ0) is 15.3. The van der Waals surface area contributed by atoms with Gasteiger partial charge in [0.1, 0.15) is 5.01 Å². The molecule has 3 N–H and O–H groups in total. The molecule has 0 aliphatic heterocycles. The number of aromatic carboxylic acids is 1. The summed E-state index contributed by atoms with van der Waals surface area (Å²) in [4.78, 5) is 26.4. The Hall–Kier alpha value is -1.28. The van der Waals surface area contributed by atoms with E-state index in [1.165, 1.54) is 29.6 Å². The van der Waals surface area contributed by atoms with E-state index in [-0.39, 0.29) is 23.0 Å². The van der Waals surface area contributed by atoms with Crippen LogP contribution in [0.1, 0.15) is 41.2 Å². The number of aromatic nitrogens is 1. The summed E-state index contributed by atoms with van der Waals surface area (Å²) in [5.74, 6) is -1.05. The van der Waals surface area contributed by atoms with Gasteiger partial charge in [0.25, 0.3) is 0 Å². The van der Waals surface area contributed by atoms with Gasteiger partial charge in [-0.25, -0.2) is 14.6 Å². The van der Waals surface area contributed by atoms with Crippen LogP contribution in [0.25, 0.3) is 0 Å². The van der Waals surface area contributed by atoms with Crippen LogP contribution in [-0.2, 0) is 6.54 Å². The Morgan fingerprint density at radius 1 is 1.43 bits per heavy atom. The quantitative estimate of drug-likeness (QED) is 0.745. The largest absolute Gasteiger partial charge is 0.476 e. The molecule has 1 aromatic rings. The number of amides is 2. The van der Waals surface area contributed by atoms with Crippen LogP contribution >= 0.6 is 23.1 Å². The van der Waals surface area contributed by atoms with Crippen molar-refractivity contribution in [1.82, 2.24) is 15.6 Å². The normalized spacial score (nSPS) is 16.6. The molecule has 1 saturated carbocycles. The summed E-state index contributed by atoms with van der Waals surface area (Å²) in [7, 11) is 0. The molecule has 0 spiro atoms. The molecule has 0 atom stereocenters. The lowest BCUT2D eigenvalue weighted by atomic mass is 10.1. The number of rotatable bonds is 6. The van der Waals surface area contributed by atoms with Crippen LogP contribution in [0, 0.1) is 0 Å². The van der Waals surface area contributed by atoms with Crippen molar-refractivity contribution < 1.29 is 14.7 Å². The molecule has 1 aliphatic rings. The molecule has 1 heterocycles. The highest BCUT2D eigenvalue weighted by Gasteiger charge is 2.33. The fourth-order valence-electron chi connectivity index (χ4n) is 2.42. The first-order valence-corrected chi connectivity index (χ1v) is 8.90. The third kappa shape index (κ3) is 4.34. The third-order valence-electron chi connectivity index (χ3n) is 3.69. The van der Waals surface area contributed by atoms with E-state index in [0.717, 1.165) is 12.8 Å². The lowest BCUT2D eigenvalue weighted by molar-refractivity contribution is 0.0691. The maximum Gasteiger partial charge on any atom is 0.355 e. The molecule has 21 heavy (non-hydrogen) atoms. The van der Waals surface area contributed by atoms with Crippen LogP contribution < -0.4 is 10.6 Å². The summed E-state index contributed by atoms with van der Waals surface area (Å²) in [6.45, 7) is 0.911. The molecular weight excluding hydrogens is 310 g/mol. The van der Waals surface area contributed by atoms with Crippen molar-refractivity contribution in [3.63, 3.8) is 0 Å². The number of hydrogen-bond donors (Lipinski definition) is 3. The number of carbonyl (C=O) groups excluding carboxylic acids is 1. The fourth-order valence-corrected chi connectivity index (χ4v) is 4.04. The van der Waals surface area contributed by atoms with E-state index in [0.29, 0.717) is 11.6 Å². The highest BCUT2D eigenvalue weighted by molar-refractivity contribution is 8.00. The number of thioether (sulfide) groups is 1. The highest BCUT2D eigenvalue weighted by atomic mass is 32.2. The van der Waals surface area contributed by atoms with Crippen molar-refractivity contribution in [2.24, 2.45) is 0 Å². The first-order chi connectivity index (χ1) is 10.0. The molecule has 0 aromatic carbocycles. The van der Waals surface area contributed by atoms with Gasteiger partial charge in [-0.1, -0.05) is 12.8 Å². The van der Waals surface area contributed by atoms with E-state index in [2.05, 4.69) is 21.9 Å². The predicted molar refractivity (Wildman–Crippen MR) is 84.0 cm³/mol. The SMILES string of the molecule is CSC1(CNC(=O)NCc2nc(C(=O)O)cs2)CCCC1. The summed E-state index contributed by atoms with van der Waals surface area (Å²) < 4.78 is 0.176. The number of nitrogens with zero attached hydrogens (tertiary/aromatic N) is 1. The van der Waals surface area contributed by atoms with E-state index >= 15 is 0 Å². The minimum absolute atomic E-state index is 0.0181. The van der Waals surface area contributed by atoms with Crippen LogP contribution in [-0.4, -0.2) is 39.6 Å². The number of hydrogen-bond acceptors (Lipinski definition) is 5. The minimum Gasteiger partial charge on any atom is -0.476 e. The van der Waals surface area contributed by atoms with Gasteiger partial charge in [-0.3, -0.25) is 0 Å². The van der Waals surface area contributed by atoms with Gasteiger partial charge in [0.2, 0.25) is 0 Å². The Morgan fingerprint density at radius 3 is 2.71 bits per heavy atom. The number of carbonyl (C=O) groups is 2. The van der Waals surface area contributed by atoms with E-state index in [9.17, 15) is 9.59 Å². The zero-order valence-electron chi connectivity index (χ0n) is 11.8. The van der Waals surface area contributed by atoms with E-state index < -0.39 is 5.97 Å². The van der Waals surface area contributed by atoms with Gasteiger partial charge < -0.3 is 15.7 Å². The molecule has 1 aliphatic carbocycles. The second-order valence-corrected chi connectivity index (χ2v) is 7.28. The first kappa shape index (κ1) is 16.1. The summed E-state index contributed by atoms with van der Waals surface area (Å²) in [5.41, 5.74) is 0.0181. The minimum atomic E-state index is -1.05. The Bertz CT molecular complexity index is 513. The van der Waals surface area contributed by atoms with Gasteiger partial charge in [0, 0.05) is 16.7 Å². The Morgan fingerprint density at radius 2 is 2.14 bits per heavy atom. The van der Waals surface area contributed by atoms with Crippen molar-refractivity contribution in [3.8, 4) is 0 Å². The lowest BCUT2D eigenvalue weighted by Crippen LogP contribution is -2.43. The van der Waals surface area contributed by atoms with Crippen molar-refractivity contribution >= 4 is 35.1 Å². The van der Waals surface area contributed by atoms with Gasteiger partial charge >= 0.3 is 12.0 Å². The monoisotopic (exact) mass is 329 g/mol. The molecule has 2 amide bonds. The molecule has 0 bridgehead atoms. The molecule has 6 nitrogen and oxygen atoms in total. The number of carboxylic acid groups (broad SMARTS) is 1. The van der Waals surface area contributed by atoms with Crippen molar-refractivity contribution in [2.45, 2.75) is 37.0 Å². The zero-order valence-corrected chi connectivity index (χ0v) is 13.5. The van der Waals surface area contributed by atoms with Crippen LogP contribution in [0.15, 0.2) is 5.38 Å². The maximum absolute atomic E-state index is 11.8. The lowest BCUT2D eigenvalue weighted by Gasteiger charge is -2.26. The average Bonchev–Trinajstić information content (AvgIpc) is 3.12. The molecule has 1 aromatic heterocycles. The molecule has 0 radical (unpaired) electrons. The molecule has 1 fully saturated rings.